The summed E-state index contributed by atoms with van der Waals surface area (Å²) in [5, 5.41) is -0.286. The Balaban J connectivity index is 1.93. The Bertz CT molecular complexity index is 1390. The van der Waals surface area contributed by atoms with Crippen LogP contribution >= 0.6 is 11.6 Å². The maximum Gasteiger partial charge on any atom is 0.511 e. The van der Waals surface area contributed by atoms with Gasteiger partial charge in [-0.2, -0.15) is 13.2 Å². The van der Waals surface area contributed by atoms with Crippen molar-refractivity contribution in [3.05, 3.63) is 65.4 Å². The smallest absolute Gasteiger partial charge is 0.335 e. The third kappa shape index (κ3) is 5.30. The number of imidazole rings is 1. The van der Waals surface area contributed by atoms with Crippen LogP contribution in [0.4, 0.5) is 13.2 Å². The van der Waals surface area contributed by atoms with Crippen LogP contribution in [0.5, 0.6) is 0 Å². The van der Waals surface area contributed by atoms with Gasteiger partial charge in [0, 0.05) is 28.4 Å². The van der Waals surface area contributed by atoms with E-state index in [1.807, 2.05) is 0 Å². The molecule has 0 saturated carbocycles. The van der Waals surface area contributed by atoms with E-state index in [4.69, 9.17) is 11.6 Å². The second-order valence-electron chi connectivity index (χ2n) is 6.62. The lowest BCUT2D eigenvalue weighted by molar-refractivity contribution is -0.0450. The molecule has 0 fully saturated rings. The summed E-state index contributed by atoms with van der Waals surface area (Å²) in [5.74, 6) is 0. The number of halogens is 4. The highest BCUT2D eigenvalue weighted by atomic mass is 35.5. The normalized spacial score (nSPS) is 14.7. The van der Waals surface area contributed by atoms with Gasteiger partial charge in [-0.05, 0) is 42.8 Å². The topological polar surface area (TPSA) is 126 Å². The predicted octanol–water partition coefficient (Wildman–Crippen LogP) is 3.56. The lowest BCUT2D eigenvalue weighted by Gasteiger charge is -2.16. The van der Waals surface area contributed by atoms with Gasteiger partial charge in [-0.1, -0.05) is 23.7 Å². The third-order valence-electron chi connectivity index (χ3n) is 4.35. The number of H-pyrrole nitrogens is 1. The van der Waals surface area contributed by atoms with Crippen LogP contribution < -0.4 is 4.72 Å². The van der Waals surface area contributed by atoms with Crippen molar-refractivity contribution >= 4 is 42.3 Å². The van der Waals surface area contributed by atoms with Crippen LogP contribution in [0.25, 0.3) is 0 Å². The van der Waals surface area contributed by atoms with Crippen molar-refractivity contribution in [2.24, 2.45) is 0 Å². The molecule has 1 aromatic heterocycles. The van der Waals surface area contributed by atoms with Crippen LogP contribution in [-0.4, -0.2) is 36.5 Å². The highest BCUT2D eigenvalue weighted by Gasteiger charge is 2.46. The third-order valence-corrected chi connectivity index (χ3v) is 9.10. The molecule has 0 bridgehead atoms. The van der Waals surface area contributed by atoms with E-state index < -0.39 is 42.2 Å². The van der Waals surface area contributed by atoms with Crippen molar-refractivity contribution in [1.82, 2.24) is 14.7 Å². The second kappa shape index (κ2) is 9.18. The summed E-state index contributed by atoms with van der Waals surface area (Å²) in [6, 6.07) is 7.70. The Morgan fingerprint density at radius 1 is 1.09 bits per heavy atom. The first-order valence-electron chi connectivity index (χ1n) is 8.88. The summed E-state index contributed by atoms with van der Waals surface area (Å²) in [6.07, 6.45) is 2.54. The van der Waals surface area contributed by atoms with Crippen molar-refractivity contribution in [2.75, 3.05) is 0 Å². The molecule has 0 aliphatic rings. The summed E-state index contributed by atoms with van der Waals surface area (Å²) < 4.78 is 101. The summed E-state index contributed by atoms with van der Waals surface area (Å²) >= 11 is 5.95. The molecule has 0 amide bonds. The second-order valence-corrected chi connectivity index (χ2v) is 12.0. The molecule has 8 nitrogen and oxygen atoms in total. The average molecular weight is 542 g/mol. The van der Waals surface area contributed by atoms with Gasteiger partial charge in [0.05, 0.1) is 20.6 Å². The molecule has 0 spiro atoms. The number of alkyl halides is 3. The van der Waals surface area contributed by atoms with Crippen LogP contribution in [0.2, 0.25) is 5.02 Å². The fourth-order valence-corrected chi connectivity index (χ4v) is 6.57. The number of hydrogen-bond donors (Lipinski definition) is 2. The Morgan fingerprint density at radius 3 is 2.27 bits per heavy atom. The van der Waals surface area contributed by atoms with Gasteiger partial charge in [0.25, 0.3) is 0 Å². The number of aromatic nitrogens is 2. The fraction of sp³-hybridized carbons (Fsp3) is 0.167. The average Bonchev–Trinajstić information content (AvgIpc) is 3.28. The van der Waals surface area contributed by atoms with Gasteiger partial charge >= 0.3 is 15.5 Å². The van der Waals surface area contributed by atoms with Gasteiger partial charge in [-0.3, -0.25) is 0 Å². The predicted molar refractivity (Wildman–Crippen MR) is 113 cm³/mol. The van der Waals surface area contributed by atoms with E-state index in [1.54, 1.807) is 0 Å². The van der Waals surface area contributed by atoms with E-state index in [1.165, 1.54) is 60.4 Å². The van der Waals surface area contributed by atoms with E-state index in [2.05, 4.69) is 9.97 Å². The van der Waals surface area contributed by atoms with Crippen LogP contribution in [0, 0.1) is 0 Å². The van der Waals surface area contributed by atoms with Crippen LogP contribution in [0.3, 0.4) is 0 Å². The molecule has 2 aromatic carbocycles. The zero-order chi connectivity index (χ0) is 24.6. The first-order chi connectivity index (χ1) is 15.2. The molecular formula is C18H15ClF3N3O5S3. The lowest BCUT2D eigenvalue weighted by atomic mass is 10.1. The molecule has 2 N–H and O–H groups in total. The molecule has 0 radical (unpaired) electrons. The van der Waals surface area contributed by atoms with E-state index in [9.17, 15) is 34.2 Å². The van der Waals surface area contributed by atoms with Crippen molar-refractivity contribution in [1.29, 1.82) is 0 Å². The molecule has 0 saturated heterocycles. The lowest BCUT2D eigenvalue weighted by Crippen LogP contribution is -2.37. The van der Waals surface area contributed by atoms with Gasteiger partial charge in [0.2, 0.25) is 15.0 Å². The Kier molecular flexibility index (Phi) is 7.05. The van der Waals surface area contributed by atoms with E-state index in [-0.39, 0.29) is 30.4 Å². The van der Waals surface area contributed by atoms with Crippen LogP contribution in [0.15, 0.2) is 74.7 Å². The molecule has 3 aromatic rings. The summed E-state index contributed by atoms with van der Waals surface area (Å²) in [6.45, 7) is 1.21. The molecule has 178 valence electrons. The van der Waals surface area contributed by atoms with Crippen LogP contribution in [-0.2, 0) is 30.7 Å². The SMILES string of the molecule is C[C@H](NS(=O)(=O)C(F)(F)F)c1ccc(S(=O)c2ccc(Cl)cc2S(=O)(=O)c2ncc[nH]2)cc1. The van der Waals surface area contributed by atoms with Gasteiger partial charge in [-0.25, -0.2) is 30.8 Å². The number of nitrogens with one attached hydrogen (secondary N) is 2. The van der Waals surface area contributed by atoms with Gasteiger partial charge < -0.3 is 4.98 Å². The summed E-state index contributed by atoms with van der Waals surface area (Å²) in [7, 11) is -11.8. The summed E-state index contributed by atoms with van der Waals surface area (Å²) in [4.78, 5) is 5.90. The Labute approximate surface area is 194 Å². The van der Waals surface area contributed by atoms with Crippen LogP contribution in [0.1, 0.15) is 18.5 Å². The minimum atomic E-state index is -5.56. The van der Waals surface area contributed by atoms with Crippen molar-refractivity contribution in [2.45, 2.75) is 38.3 Å². The fourth-order valence-electron chi connectivity index (χ4n) is 2.72. The van der Waals surface area contributed by atoms with E-state index in [0.29, 0.717) is 0 Å². The highest BCUT2D eigenvalue weighted by molar-refractivity contribution is 7.92. The zero-order valence-corrected chi connectivity index (χ0v) is 19.7. The Morgan fingerprint density at radius 2 is 1.73 bits per heavy atom. The molecule has 0 aliphatic carbocycles. The minimum Gasteiger partial charge on any atom is -0.335 e. The molecule has 1 heterocycles. The van der Waals surface area contributed by atoms with Gasteiger partial charge in [-0.15, -0.1) is 0 Å². The number of sulfone groups is 1. The standard InChI is InChI=1S/C18H15ClF3N3O5S3/c1-11(25-33(29,30)18(20,21)22)12-2-5-14(6-3-12)31(26)15-7-4-13(19)10-16(15)32(27,28)17-23-8-9-24-17/h2-11,25H,1H3,(H,23,24)/t11-,31?/m0/s1. The minimum absolute atomic E-state index is 0.0852. The zero-order valence-electron chi connectivity index (χ0n) is 16.5. The Hall–Kier alpha value is -2.26. The van der Waals surface area contributed by atoms with Gasteiger partial charge in [0.1, 0.15) is 0 Å². The quantitative estimate of drug-likeness (QED) is 0.471. The van der Waals surface area contributed by atoms with Crippen molar-refractivity contribution in [3.8, 4) is 0 Å². The molecule has 1 unspecified atom stereocenters. The summed E-state index contributed by atoms with van der Waals surface area (Å²) in [5.41, 5.74) is -5.30. The van der Waals surface area contributed by atoms with Crippen molar-refractivity contribution in [3.63, 3.8) is 0 Å². The monoisotopic (exact) mass is 541 g/mol. The maximum absolute atomic E-state index is 13.1. The number of aromatic amines is 1. The number of nitrogens with zero attached hydrogens (tertiary/aromatic N) is 1. The molecule has 0 aliphatic heterocycles. The number of sulfonamides is 1. The molecule has 2 atom stereocenters. The first kappa shape index (κ1) is 25.4. The molecule has 15 heteroatoms. The highest BCUT2D eigenvalue weighted by Crippen LogP contribution is 2.31. The van der Waals surface area contributed by atoms with Gasteiger partial charge in [0.15, 0.2) is 0 Å². The molecule has 33 heavy (non-hydrogen) atoms. The number of hydrogen-bond acceptors (Lipinski definition) is 6. The molecular weight excluding hydrogens is 527 g/mol. The molecule has 3 rings (SSSR count). The number of benzene rings is 2. The maximum atomic E-state index is 13.1. The largest absolute Gasteiger partial charge is 0.511 e. The first-order valence-corrected chi connectivity index (χ1v) is 13.4. The number of rotatable bonds is 7. The van der Waals surface area contributed by atoms with E-state index in [0.717, 1.165) is 6.07 Å². The van der Waals surface area contributed by atoms with Crippen molar-refractivity contribution < 1.29 is 34.2 Å². The van der Waals surface area contributed by atoms with E-state index >= 15 is 0 Å².